The lowest BCUT2D eigenvalue weighted by Gasteiger charge is -2.36. The Morgan fingerprint density at radius 3 is 2.57 bits per heavy atom. The van der Waals surface area contributed by atoms with Crippen molar-refractivity contribution in [2.75, 3.05) is 37.6 Å². The van der Waals surface area contributed by atoms with E-state index in [1.165, 1.54) is 11.8 Å². The Morgan fingerprint density at radius 1 is 1.29 bits per heavy atom. The first-order valence-electron chi connectivity index (χ1n) is 7.64. The number of anilines is 1. The predicted molar refractivity (Wildman–Crippen MR) is 87.5 cm³/mol. The average molecular weight is 287 g/mol. The van der Waals surface area contributed by atoms with Crippen molar-refractivity contribution in [2.24, 2.45) is 0 Å². The van der Waals surface area contributed by atoms with Crippen LogP contribution in [0, 0.1) is 0 Å². The number of carbonyl (C=O) groups is 1. The highest BCUT2D eigenvalue weighted by atomic mass is 16.1. The predicted octanol–water partition coefficient (Wildman–Crippen LogP) is 1.89. The average Bonchev–Trinajstić information content (AvgIpc) is 2.54. The van der Waals surface area contributed by atoms with Crippen LogP contribution in [-0.2, 0) is 4.79 Å². The molecule has 0 saturated carbocycles. The van der Waals surface area contributed by atoms with Gasteiger partial charge in [-0.1, -0.05) is 24.8 Å². The van der Waals surface area contributed by atoms with Gasteiger partial charge in [0.25, 0.3) is 0 Å². The van der Waals surface area contributed by atoms with Gasteiger partial charge in [0.1, 0.15) is 0 Å². The zero-order valence-corrected chi connectivity index (χ0v) is 12.8. The molecule has 1 amide bonds. The molecule has 1 fully saturated rings. The van der Waals surface area contributed by atoms with Crippen LogP contribution in [-0.4, -0.2) is 49.6 Å². The zero-order chi connectivity index (χ0) is 15.1. The molecule has 1 atom stereocenters. The smallest absolute Gasteiger partial charge is 0.243 e. The summed E-state index contributed by atoms with van der Waals surface area (Å²) in [5.41, 5.74) is 1.31. The van der Waals surface area contributed by atoms with Crippen molar-refractivity contribution in [3.05, 3.63) is 43.0 Å². The van der Waals surface area contributed by atoms with E-state index in [4.69, 9.17) is 0 Å². The number of para-hydroxylation sites is 1. The number of hydrogen-bond donors (Lipinski definition) is 1. The van der Waals surface area contributed by atoms with Crippen LogP contribution in [0.5, 0.6) is 0 Å². The minimum atomic E-state index is -0.0867. The Balaban J connectivity index is 1.70. The summed E-state index contributed by atoms with van der Waals surface area (Å²) < 4.78 is 0. The molecule has 1 saturated heterocycles. The van der Waals surface area contributed by atoms with Crippen molar-refractivity contribution >= 4 is 11.6 Å². The third kappa shape index (κ3) is 4.90. The summed E-state index contributed by atoms with van der Waals surface area (Å²) in [6, 6.07) is 10.8. The molecule has 21 heavy (non-hydrogen) atoms. The summed E-state index contributed by atoms with van der Waals surface area (Å²) >= 11 is 0. The molecular formula is C17H25N3O. The van der Waals surface area contributed by atoms with Gasteiger partial charge in [0.15, 0.2) is 0 Å². The molecular weight excluding hydrogens is 262 g/mol. The Kier molecular flexibility index (Phi) is 5.81. The fourth-order valence-electron chi connectivity index (χ4n) is 2.62. The lowest BCUT2D eigenvalue weighted by molar-refractivity contribution is -0.117. The first-order valence-corrected chi connectivity index (χ1v) is 7.64. The van der Waals surface area contributed by atoms with Crippen LogP contribution in [0.1, 0.15) is 13.3 Å². The first-order chi connectivity index (χ1) is 10.2. The Morgan fingerprint density at radius 2 is 1.95 bits per heavy atom. The normalized spacial score (nSPS) is 17.3. The zero-order valence-electron chi connectivity index (χ0n) is 12.8. The molecule has 0 aromatic heterocycles. The fraction of sp³-hybridized carbons (Fsp3) is 0.471. The highest BCUT2D eigenvalue weighted by Gasteiger charge is 2.17. The molecule has 1 aromatic carbocycles. The summed E-state index contributed by atoms with van der Waals surface area (Å²) in [4.78, 5) is 16.1. The molecule has 0 radical (unpaired) electrons. The lowest BCUT2D eigenvalue weighted by atomic mass is 10.2. The van der Waals surface area contributed by atoms with Gasteiger partial charge in [-0.15, -0.1) is 0 Å². The molecule has 114 valence electrons. The van der Waals surface area contributed by atoms with Gasteiger partial charge < -0.3 is 10.2 Å². The van der Waals surface area contributed by atoms with Crippen molar-refractivity contribution in [1.29, 1.82) is 0 Å². The Labute approximate surface area is 127 Å². The number of hydrogen-bond acceptors (Lipinski definition) is 3. The van der Waals surface area contributed by atoms with E-state index in [9.17, 15) is 4.79 Å². The number of nitrogens with zero attached hydrogens (tertiary/aromatic N) is 2. The molecule has 1 unspecified atom stereocenters. The Hall–Kier alpha value is -1.81. The third-order valence-corrected chi connectivity index (χ3v) is 3.95. The quantitative estimate of drug-likeness (QED) is 0.812. The lowest BCUT2D eigenvalue weighted by Crippen LogP contribution is -2.47. The molecule has 1 heterocycles. The van der Waals surface area contributed by atoms with Crippen molar-refractivity contribution < 1.29 is 4.79 Å². The Bertz CT molecular complexity index is 452. The topological polar surface area (TPSA) is 35.6 Å². The minimum absolute atomic E-state index is 0.0867. The molecule has 0 aliphatic carbocycles. The van der Waals surface area contributed by atoms with Gasteiger partial charge in [-0.05, 0) is 31.6 Å². The number of amides is 1. The van der Waals surface area contributed by atoms with Gasteiger partial charge in [0.2, 0.25) is 5.91 Å². The van der Waals surface area contributed by atoms with Gasteiger partial charge in [-0.25, -0.2) is 0 Å². The van der Waals surface area contributed by atoms with E-state index < -0.39 is 0 Å². The van der Waals surface area contributed by atoms with E-state index in [-0.39, 0.29) is 11.9 Å². The van der Waals surface area contributed by atoms with E-state index in [0.29, 0.717) is 0 Å². The molecule has 0 spiro atoms. The summed E-state index contributed by atoms with van der Waals surface area (Å²) in [6.45, 7) is 10.8. The van der Waals surface area contributed by atoms with Crippen LogP contribution in [0.25, 0.3) is 0 Å². The monoisotopic (exact) mass is 287 g/mol. The maximum Gasteiger partial charge on any atom is 0.243 e. The number of benzene rings is 1. The number of rotatable bonds is 6. The molecule has 0 bridgehead atoms. The highest BCUT2D eigenvalue weighted by molar-refractivity contribution is 5.87. The second-order valence-corrected chi connectivity index (χ2v) is 5.57. The fourth-order valence-corrected chi connectivity index (χ4v) is 2.62. The number of piperazine rings is 1. The minimum Gasteiger partial charge on any atom is -0.369 e. The summed E-state index contributed by atoms with van der Waals surface area (Å²) in [6.07, 6.45) is 2.31. The molecule has 4 heteroatoms. The van der Waals surface area contributed by atoms with Crippen LogP contribution in [0.3, 0.4) is 0 Å². The molecule has 1 N–H and O–H groups in total. The number of nitrogens with one attached hydrogen (secondary N) is 1. The van der Waals surface area contributed by atoms with E-state index in [1.54, 1.807) is 0 Å². The highest BCUT2D eigenvalue weighted by Crippen LogP contribution is 2.15. The second-order valence-electron chi connectivity index (χ2n) is 5.57. The van der Waals surface area contributed by atoms with Gasteiger partial charge in [-0.3, -0.25) is 9.69 Å². The van der Waals surface area contributed by atoms with Crippen LogP contribution in [0.15, 0.2) is 43.0 Å². The SMILES string of the molecule is C=CC(=O)NC(C)CCN1CCN(c2ccccc2)CC1. The van der Waals surface area contributed by atoms with Crippen molar-refractivity contribution in [3.63, 3.8) is 0 Å². The van der Waals surface area contributed by atoms with E-state index in [0.717, 1.165) is 39.1 Å². The first kappa shape index (κ1) is 15.6. The van der Waals surface area contributed by atoms with Crippen molar-refractivity contribution in [2.45, 2.75) is 19.4 Å². The van der Waals surface area contributed by atoms with Gasteiger partial charge in [0, 0.05) is 44.5 Å². The molecule has 1 aliphatic heterocycles. The van der Waals surface area contributed by atoms with Crippen molar-refractivity contribution in [1.82, 2.24) is 10.2 Å². The van der Waals surface area contributed by atoms with Crippen LogP contribution in [0.2, 0.25) is 0 Å². The standard InChI is InChI=1S/C17H25N3O/c1-3-17(21)18-15(2)9-10-19-11-13-20(14-12-19)16-7-5-4-6-8-16/h3-8,15H,1,9-14H2,2H3,(H,18,21). The number of carbonyl (C=O) groups excluding carboxylic acids is 1. The largest absolute Gasteiger partial charge is 0.369 e. The van der Waals surface area contributed by atoms with E-state index in [1.807, 2.05) is 6.92 Å². The van der Waals surface area contributed by atoms with Crippen LogP contribution in [0.4, 0.5) is 5.69 Å². The maximum atomic E-state index is 11.2. The van der Waals surface area contributed by atoms with Crippen LogP contribution < -0.4 is 10.2 Å². The van der Waals surface area contributed by atoms with Crippen LogP contribution >= 0.6 is 0 Å². The molecule has 2 rings (SSSR count). The summed E-state index contributed by atoms with van der Waals surface area (Å²) in [5.74, 6) is -0.0867. The van der Waals surface area contributed by atoms with Crippen molar-refractivity contribution in [3.8, 4) is 0 Å². The second kappa shape index (κ2) is 7.84. The van der Waals surface area contributed by atoms with E-state index in [2.05, 4.69) is 52.0 Å². The molecule has 4 nitrogen and oxygen atoms in total. The maximum absolute atomic E-state index is 11.2. The van der Waals surface area contributed by atoms with E-state index >= 15 is 0 Å². The van der Waals surface area contributed by atoms with Gasteiger partial charge in [0.05, 0.1) is 0 Å². The molecule has 1 aromatic rings. The third-order valence-electron chi connectivity index (χ3n) is 3.95. The summed E-state index contributed by atoms with van der Waals surface area (Å²) in [7, 11) is 0. The molecule has 1 aliphatic rings. The summed E-state index contributed by atoms with van der Waals surface area (Å²) in [5, 5.41) is 2.91. The van der Waals surface area contributed by atoms with Gasteiger partial charge >= 0.3 is 0 Å². The van der Waals surface area contributed by atoms with Gasteiger partial charge in [-0.2, -0.15) is 0 Å².